The molecule has 0 saturated carbocycles. The lowest BCUT2D eigenvalue weighted by molar-refractivity contribution is -0.137. The van der Waals surface area contributed by atoms with Crippen LogP contribution in [0.3, 0.4) is 0 Å². The molecule has 2 heterocycles. The molecule has 25 heavy (non-hydrogen) atoms. The Labute approximate surface area is 142 Å². The molecule has 136 valence electrons. The zero-order valence-corrected chi connectivity index (χ0v) is 14.1. The molecule has 0 N–H and O–H groups in total. The minimum absolute atomic E-state index is 0.0635. The molecule has 0 unspecified atom stereocenters. The molecule has 10 heteroatoms. The number of nitrogens with zero attached hydrogens (tertiary/aromatic N) is 3. The van der Waals surface area contributed by atoms with Crippen LogP contribution in [-0.4, -0.2) is 48.1 Å². The highest BCUT2D eigenvalue weighted by Gasteiger charge is 2.32. The molecule has 0 aliphatic carbocycles. The van der Waals surface area contributed by atoms with E-state index in [1.807, 2.05) is 0 Å². The molecule has 1 saturated heterocycles. The molecule has 3 rings (SSSR count). The largest absolute Gasteiger partial charge is 0.416 e. The number of hydrogen-bond acceptors (Lipinski definition) is 6. The number of sulfone groups is 1. The van der Waals surface area contributed by atoms with Crippen LogP contribution < -0.4 is 0 Å². The second kappa shape index (κ2) is 6.41. The first-order valence-corrected chi connectivity index (χ1v) is 9.37. The molecule has 1 atom stereocenters. The molecule has 0 bridgehead atoms. The van der Waals surface area contributed by atoms with E-state index in [1.54, 1.807) is 11.9 Å². The van der Waals surface area contributed by atoms with Gasteiger partial charge in [-0.15, -0.1) is 0 Å². The van der Waals surface area contributed by atoms with Gasteiger partial charge in [0.1, 0.15) is 0 Å². The van der Waals surface area contributed by atoms with E-state index >= 15 is 0 Å². The lowest BCUT2D eigenvalue weighted by atomic mass is 10.1. The van der Waals surface area contributed by atoms with Gasteiger partial charge < -0.3 is 4.52 Å². The average Bonchev–Trinajstić information content (AvgIpc) is 3.13. The maximum atomic E-state index is 12.8. The molecule has 0 spiro atoms. The summed E-state index contributed by atoms with van der Waals surface area (Å²) in [7, 11) is -1.25. The van der Waals surface area contributed by atoms with Crippen molar-refractivity contribution in [3.8, 4) is 11.4 Å². The van der Waals surface area contributed by atoms with E-state index < -0.39 is 21.6 Å². The Morgan fingerprint density at radius 2 is 2.12 bits per heavy atom. The summed E-state index contributed by atoms with van der Waals surface area (Å²) in [6.07, 6.45) is -3.91. The Morgan fingerprint density at radius 3 is 2.76 bits per heavy atom. The van der Waals surface area contributed by atoms with Crippen molar-refractivity contribution in [3.05, 3.63) is 35.7 Å². The molecule has 0 amide bonds. The van der Waals surface area contributed by atoms with Gasteiger partial charge >= 0.3 is 6.18 Å². The average molecular weight is 375 g/mol. The van der Waals surface area contributed by atoms with Crippen LogP contribution in [0.1, 0.15) is 17.9 Å². The van der Waals surface area contributed by atoms with E-state index in [0.717, 1.165) is 12.1 Å². The van der Waals surface area contributed by atoms with Gasteiger partial charge in [0.05, 0.1) is 23.6 Å². The van der Waals surface area contributed by atoms with Crippen molar-refractivity contribution in [2.75, 3.05) is 18.6 Å². The van der Waals surface area contributed by atoms with Crippen LogP contribution in [0.4, 0.5) is 13.2 Å². The minimum Gasteiger partial charge on any atom is -0.338 e. The number of benzene rings is 1. The van der Waals surface area contributed by atoms with Crippen molar-refractivity contribution in [1.29, 1.82) is 0 Å². The highest BCUT2D eigenvalue weighted by molar-refractivity contribution is 7.91. The zero-order chi connectivity index (χ0) is 18.2. The smallest absolute Gasteiger partial charge is 0.338 e. The maximum absolute atomic E-state index is 12.8. The third-order valence-electron chi connectivity index (χ3n) is 4.13. The van der Waals surface area contributed by atoms with Gasteiger partial charge in [-0.1, -0.05) is 17.3 Å². The Hall–Kier alpha value is -1.94. The summed E-state index contributed by atoms with van der Waals surface area (Å²) in [5.41, 5.74) is -0.583. The molecule has 1 fully saturated rings. The Morgan fingerprint density at radius 1 is 1.36 bits per heavy atom. The highest BCUT2D eigenvalue weighted by Crippen LogP contribution is 2.31. The normalized spacial score (nSPS) is 20.3. The molecule has 1 aromatic heterocycles. The van der Waals surface area contributed by atoms with E-state index in [1.165, 1.54) is 12.1 Å². The summed E-state index contributed by atoms with van der Waals surface area (Å²) in [6.45, 7) is 0.228. The summed E-state index contributed by atoms with van der Waals surface area (Å²) in [5.74, 6) is 0.521. The van der Waals surface area contributed by atoms with Crippen molar-refractivity contribution in [2.45, 2.75) is 25.2 Å². The van der Waals surface area contributed by atoms with Gasteiger partial charge in [-0.2, -0.15) is 18.2 Å². The van der Waals surface area contributed by atoms with Crippen molar-refractivity contribution in [1.82, 2.24) is 15.0 Å². The van der Waals surface area contributed by atoms with E-state index in [9.17, 15) is 21.6 Å². The second-order valence-electron chi connectivity index (χ2n) is 6.06. The fourth-order valence-corrected chi connectivity index (χ4v) is 4.54. The van der Waals surface area contributed by atoms with Crippen LogP contribution >= 0.6 is 0 Å². The summed E-state index contributed by atoms with van der Waals surface area (Å²) in [6, 6.07) is 4.55. The van der Waals surface area contributed by atoms with Crippen LogP contribution in [0, 0.1) is 0 Å². The fourth-order valence-electron chi connectivity index (χ4n) is 2.74. The number of rotatable bonds is 4. The van der Waals surface area contributed by atoms with Crippen molar-refractivity contribution >= 4 is 9.84 Å². The molecular formula is C15H16F3N3O3S. The minimum atomic E-state index is -4.45. The second-order valence-corrected chi connectivity index (χ2v) is 8.29. The molecular weight excluding hydrogens is 359 g/mol. The quantitative estimate of drug-likeness (QED) is 0.817. The lowest BCUT2D eigenvalue weighted by Crippen LogP contribution is -2.32. The zero-order valence-electron chi connectivity index (χ0n) is 13.3. The SMILES string of the molecule is CN(Cc1nc(-c2cccc(C(F)(F)F)c2)no1)[C@H]1CCS(=O)(=O)C1. The molecule has 0 radical (unpaired) electrons. The summed E-state index contributed by atoms with van der Waals surface area (Å²) in [4.78, 5) is 5.91. The van der Waals surface area contributed by atoms with Crippen molar-refractivity contribution < 1.29 is 26.1 Å². The predicted molar refractivity (Wildman–Crippen MR) is 83.3 cm³/mol. The van der Waals surface area contributed by atoms with Crippen LogP contribution in [-0.2, 0) is 22.6 Å². The number of aromatic nitrogens is 2. The van der Waals surface area contributed by atoms with Gasteiger partial charge in [0.25, 0.3) is 0 Å². The number of alkyl halides is 3. The van der Waals surface area contributed by atoms with Crippen molar-refractivity contribution in [2.24, 2.45) is 0 Å². The maximum Gasteiger partial charge on any atom is 0.416 e. The van der Waals surface area contributed by atoms with E-state index in [0.29, 0.717) is 6.42 Å². The van der Waals surface area contributed by atoms with Gasteiger partial charge in [-0.05, 0) is 25.6 Å². The number of halogens is 3. The molecule has 1 aromatic carbocycles. The summed E-state index contributed by atoms with van der Waals surface area (Å²) < 4.78 is 66.5. The van der Waals surface area contributed by atoms with Gasteiger partial charge in [0.2, 0.25) is 11.7 Å². The van der Waals surface area contributed by atoms with E-state index in [2.05, 4.69) is 10.1 Å². The van der Waals surface area contributed by atoms with E-state index in [4.69, 9.17) is 4.52 Å². The van der Waals surface area contributed by atoms with Gasteiger partial charge in [0, 0.05) is 11.6 Å². The summed E-state index contributed by atoms with van der Waals surface area (Å²) in [5, 5.41) is 3.72. The third kappa shape index (κ3) is 4.18. The Bertz CT molecular complexity index is 864. The molecule has 6 nitrogen and oxygen atoms in total. The highest BCUT2D eigenvalue weighted by atomic mass is 32.2. The Kier molecular flexibility index (Phi) is 4.58. The first-order chi connectivity index (χ1) is 11.6. The standard InChI is InChI=1S/C15H16F3N3O3S/c1-21(12-5-6-25(22,23)9-12)8-13-19-14(20-24-13)10-3-2-4-11(7-10)15(16,17)18/h2-4,7,12H,5-6,8-9H2,1H3/t12-/m0/s1. The fraction of sp³-hybridized carbons (Fsp3) is 0.467. The first kappa shape index (κ1) is 17.9. The third-order valence-corrected chi connectivity index (χ3v) is 5.88. The van der Waals surface area contributed by atoms with Crippen LogP contribution in [0.5, 0.6) is 0 Å². The van der Waals surface area contributed by atoms with Crippen molar-refractivity contribution in [3.63, 3.8) is 0 Å². The van der Waals surface area contributed by atoms with E-state index in [-0.39, 0.29) is 41.4 Å². The van der Waals surface area contributed by atoms with Gasteiger partial charge in [-0.25, -0.2) is 8.42 Å². The predicted octanol–water partition coefficient (Wildman–Crippen LogP) is 2.37. The van der Waals surface area contributed by atoms with Gasteiger partial charge in [-0.3, -0.25) is 4.90 Å². The molecule has 1 aliphatic rings. The van der Waals surface area contributed by atoms with Crippen LogP contribution in [0.2, 0.25) is 0 Å². The monoisotopic (exact) mass is 375 g/mol. The molecule has 2 aromatic rings. The molecule has 1 aliphatic heterocycles. The van der Waals surface area contributed by atoms with Crippen LogP contribution in [0.25, 0.3) is 11.4 Å². The lowest BCUT2D eigenvalue weighted by Gasteiger charge is -2.20. The summed E-state index contributed by atoms with van der Waals surface area (Å²) >= 11 is 0. The first-order valence-electron chi connectivity index (χ1n) is 7.55. The van der Waals surface area contributed by atoms with Crippen LogP contribution in [0.15, 0.2) is 28.8 Å². The Balaban J connectivity index is 1.73. The topological polar surface area (TPSA) is 76.3 Å². The van der Waals surface area contributed by atoms with Gasteiger partial charge in [0.15, 0.2) is 9.84 Å². The number of hydrogen-bond donors (Lipinski definition) is 0.